The van der Waals surface area contributed by atoms with Crippen LogP contribution in [0.1, 0.15) is 24.2 Å². The molecule has 0 unspecified atom stereocenters. The number of benzene rings is 2. The van der Waals surface area contributed by atoms with Gasteiger partial charge in [-0.3, -0.25) is 9.10 Å². The highest BCUT2D eigenvalue weighted by molar-refractivity contribution is 7.92. The average molecular weight is 397 g/mol. The van der Waals surface area contributed by atoms with Crippen LogP contribution in [0.2, 0.25) is 5.02 Å². The highest BCUT2D eigenvalue weighted by Crippen LogP contribution is 2.28. The topological polar surface area (TPSA) is 75.7 Å². The molecule has 0 atom stereocenters. The fourth-order valence-corrected chi connectivity index (χ4v) is 3.72. The smallest absolute Gasteiger partial charge is 0.264 e. The number of halogens is 1. The van der Waals surface area contributed by atoms with Crippen molar-refractivity contribution >= 4 is 33.2 Å². The third-order valence-corrected chi connectivity index (χ3v) is 5.81. The number of methoxy groups -OCH3 is 1. The van der Waals surface area contributed by atoms with Gasteiger partial charge < -0.3 is 10.1 Å². The van der Waals surface area contributed by atoms with Gasteiger partial charge in [-0.05, 0) is 56.3 Å². The van der Waals surface area contributed by atoms with E-state index in [2.05, 4.69) is 5.32 Å². The Bertz CT molecular complexity index is 896. The van der Waals surface area contributed by atoms with E-state index in [-0.39, 0.29) is 21.9 Å². The maximum atomic E-state index is 12.8. The van der Waals surface area contributed by atoms with Crippen LogP contribution in [-0.4, -0.2) is 34.5 Å². The Morgan fingerprint density at radius 1 is 1.15 bits per heavy atom. The van der Waals surface area contributed by atoms with Crippen molar-refractivity contribution in [2.24, 2.45) is 0 Å². The van der Waals surface area contributed by atoms with E-state index in [0.717, 1.165) is 4.31 Å². The van der Waals surface area contributed by atoms with Crippen LogP contribution >= 0.6 is 11.6 Å². The molecule has 0 aliphatic rings. The molecule has 0 saturated heterocycles. The Morgan fingerprint density at radius 2 is 1.77 bits per heavy atom. The lowest BCUT2D eigenvalue weighted by molar-refractivity contribution is 0.0943. The summed E-state index contributed by atoms with van der Waals surface area (Å²) in [5, 5.41) is 2.93. The summed E-state index contributed by atoms with van der Waals surface area (Å²) in [6.07, 6.45) is 0. The van der Waals surface area contributed by atoms with Gasteiger partial charge in [0.2, 0.25) is 0 Å². The molecule has 0 aliphatic carbocycles. The lowest BCUT2D eigenvalue weighted by atomic mass is 10.2. The van der Waals surface area contributed by atoms with Gasteiger partial charge >= 0.3 is 0 Å². The number of carbonyl (C=O) groups excluding carboxylic acids is 1. The second kappa shape index (κ2) is 7.97. The van der Waals surface area contributed by atoms with Crippen LogP contribution in [0.15, 0.2) is 47.4 Å². The van der Waals surface area contributed by atoms with Crippen molar-refractivity contribution in [3.8, 4) is 5.75 Å². The van der Waals surface area contributed by atoms with Crippen LogP contribution in [-0.2, 0) is 10.0 Å². The summed E-state index contributed by atoms with van der Waals surface area (Å²) in [4.78, 5) is 12.2. The molecule has 2 aromatic rings. The summed E-state index contributed by atoms with van der Waals surface area (Å²) in [6, 6.07) is 10.6. The van der Waals surface area contributed by atoms with Crippen LogP contribution in [0.5, 0.6) is 5.75 Å². The zero-order valence-corrected chi connectivity index (χ0v) is 16.6. The Kier molecular flexibility index (Phi) is 6.15. The molecule has 0 bridgehead atoms. The van der Waals surface area contributed by atoms with Gasteiger partial charge in [-0.25, -0.2) is 8.42 Å². The molecule has 0 spiro atoms. The summed E-state index contributed by atoms with van der Waals surface area (Å²) in [6.45, 7) is 3.69. The number of carbonyl (C=O) groups is 1. The summed E-state index contributed by atoms with van der Waals surface area (Å²) in [5.41, 5.74) is 0.645. The van der Waals surface area contributed by atoms with Crippen LogP contribution in [0.25, 0.3) is 0 Å². The van der Waals surface area contributed by atoms with E-state index < -0.39 is 10.0 Å². The Labute approximate surface area is 158 Å². The Morgan fingerprint density at radius 3 is 2.27 bits per heavy atom. The van der Waals surface area contributed by atoms with Crippen molar-refractivity contribution < 1.29 is 17.9 Å². The Hall–Kier alpha value is -2.25. The predicted octanol–water partition coefficient (Wildman–Crippen LogP) is 3.31. The van der Waals surface area contributed by atoms with Crippen molar-refractivity contribution in [1.29, 1.82) is 0 Å². The molecule has 6 nitrogen and oxygen atoms in total. The SMILES string of the molecule is COc1ccc(S(=O)(=O)N(C)c2ccc(C(=O)NC(C)C)c(Cl)c2)cc1. The quantitative estimate of drug-likeness (QED) is 0.812. The van der Waals surface area contributed by atoms with Gasteiger partial charge in [0.25, 0.3) is 15.9 Å². The van der Waals surface area contributed by atoms with E-state index in [1.54, 1.807) is 18.2 Å². The molecule has 0 saturated carbocycles. The molecule has 140 valence electrons. The van der Waals surface area contributed by atoms with Crippen molar-refractivity contribution in [3.05, 3.63) is 53.1 Å². The molecule has 1 amide bonds. The minimum atomic E-state index is -3.77. The molecule has 2 aromatic carbocycles. The van der Waals surface area contributed by atoms with Gasteiger partial charge in [-0.1, -0.05) is 11.6 Å². The summed E-state index contributed by atoms with van der Waals surface area (Å²) in [5.74, 6) is 0.257. The molecule has 26 heavy (non-hydrogen) atoms. The van der Waals surface area contributed by atoms with Crippen LogP contribution in [0, 0.1) is 0 Å². The first-order valence-corrected chi connectivity index (χ1v) is 9.72. The van der Waals surface area contributed by atoms with E-state index >= 15 is 0 Å². The lowest BCUT2D eigenvalue weighted by Gasteiger charge is -2.20. The summed E-state index contributed by atoms with van der Waals surface area (Å²) >= 11 is 6.19. The first-order valence-electron chi connectivity index (χ1n) is 7.90. The number of hydrogen-bond donors (Lipinski definition) is 1. The standard InChI is InChI=1S/C18H21ClN2O4S/c1-12(2)20-18(22)16-10-5-13(11-17(16)19)21(3)26(23,24)15-8-6-14(25-4)7-9-15/h5-12H,1-4H3,(H,20,22). The summed E-state index contributed by atoms with van der Waals surface area (Å²) < 4.78 is 31.7. The zero-order valence-electron chi connectivity index (χ0n) is 15.0. The molecular formula is C18H21ClN2O4S. The number of hydrogen-bond acceptors (Lipinski definition) is 4. The van der Waals surface area contributed by atoms with Crippen LogP contribution in [0.4, 0.5) is 5.69 Å². The van der Waals surface area contributed by atoms with Crippen LogP contribution in [0.3, 0.4) is 0 Å². The molecule has 8 heteroatoms. The van der Waals surface area contributed by atoms with Gasteiger partial charge in [0.1, 0.15) is 5.75 Å². The molecule has 0 aliphatic heterocycles. The monoisotopic (exact) mass is 396 g/mol. The molecule has 1 N–H and O–H groups in total. The van der Waals surface area contributed by atoms with Crippen LogP contribution < -0.4 is 14.4 Å². The predicted molar refractivity (Wildman–Crippen MR) is 103 cm³/mol. The summed E-state index contributed by atoms with van der Waals surface area (Å²) in [7, 11) is -0.829. The lowest BCUT2D eigenvalue weighted by Crippen LogP contribution is -2.30. The van der Waals surface area contributed by atoms with Gasteiger partial charge in [0.05, 0.1) is 28.3 Å². The maximum Gasteiger partial charge on any atom is 0.264 e. The van der Waals surface area contributed by atoms with Gasteiger partial charge in [-0.2, -0.15) is 0 Å². The van der Waals surface area contributed by atoms with Gasteiger partial charge in [0, 0.05) is 13.1 Å². The molecule has 2 rings (SSSR count). The second-order valence-corrected chi connectivity index (χ2v) is 8.32. The fraction of sp³-hybridized carbons (Fsp3) is 0.278. The average Bonchev–Trinajstić information content (AvgIpc) is 2.60. The number of nitrogens with one attached hydrogen (secondary N) is 1. The van der Waals surface area contributed by atoms with Crippen molar-refractivity contribution in [2.75, 3.05) is 18.5 Å². The minimum Gasteiger partial charge on any atom is -0.497 e. The highest BCUT2D eigenvalue weighted by atomic mass is 35.5. The largest absolute Gasteiger partial charge is 0.497 e. The van der Waals surface area contributed by atoms with E-state index in [1.165, 1.54) is 38.4 Å². The molecule has 0 heterocycles. The van der Waals surface area contributed by atoms with Gasteiger partial charge in [0.15, 0.2) is 0 Å². The zero-order chi connectivity index (χ0) is 19.5. The number of nitrogens with zero attached hydrogens (tertiary/aromatic N) is 1. The number of rotatable bonds is 6. The molecule has 0 radical (unpaired) electrons. The number of amides is 1. The highest BCUT2D eigenvalue weighted by Gasteiger charge is 2.22. The number of ether oxygens (including phenoxy) is 1. The number of sulfonamides is 1. The first-order chi connectivity index (χ1) is 12.2. The molecule has 0 fully saturated rings. The van der Waals surface area contributed by atoms with Crippen molar-refractivity contribution in [1.82, 2.24) is 5.32 Å². The van der Waals surface area contributed by atoms with Gasteiger partial charge in [-0.15, -0.1) is 0 Å². The van der Waals surface area contributed by atoms with E-state index in [1.807, 2.05) is 13.8 Å². The normalized spacial score (nSPS) is 11.3. The van der Waals surface area contributed by atoms with E-state index in [4.69, 9.17) is 16.3 Å². The van der Waals surface area contributed by atoms with E-state index in [0.29, 0.717) is 17.0 Å². The second-order valence-electron chi connectivity index (χ2n) is 5.94. The molecule has 0 aromatic heterocycles. The fourth-order valence-electron chi connectivity index (χ4n) is 2.27. The minimum absolute atomic E-state index is 0.0311. The Balaban J connectivity index is 2.32. The van der Waals surface area contributed by atoms with Crippen molar-refractivity contribution in [3.63, 3.8) is 0 Å². The third kappa shape index (κ3) is 4.28. The first kappa shape index (κ1) is 20.1. The van der Waals surface area contributed by atoms with E-state index in [9.17, 15) is 13.2 Å². The third-order valence-electron chi connectivity index (χ3n) is 3.70. The number of anilines is 1. The molecular weight excluding hydrogens is 376 g/mol. The maximum absolute atomic E-state index is 12.8. The van der Waals surface area contributed by atoms with Crippen molar-refractivity contribution in [2.45, 2.75) is 24.8 Å².